The molecule has 4 nitrogen and oxygen atoms in total. The van der Waals surface area contributed by atoms with Gasteiger partial charge in [0.15, 0.2) is 0 Å². The summed E-state index contributed by atoms with van der Waals surface area (Å²) in [5.41, 5.74) is 4.53. The van der Waals surface area contributed by atoms with Gasteiger partial charge >= 0.3 is 150 Å². The average Bonchev–Trinajstić information content (AvgIpc) is 2.89. The molecule has 0 aliphatic heterocycles. The summed E-state index contributed by atoms with van der Waals surface area (Å²) in [6, 6.07) is 4.05. The molecule has 0 saturated carbocycles. The van der Waals surface area contributed by atoms with E-state index in [2.05, 4.69) is 22.6 Å². The molecule has 1 aromatic heterocycles. The topological polar surface area (TPSA) is 45.5 Å². The first-order chi connectivity index (χ1) is 10.5. The van der Waals surface area contributed by atoms with Crippen LogP contribution in [0.4, 0.5) is 5.69 Å². The summed E-state index contributed by atoms with van der Waals surface area (Å²) in [4.78, 5) is 1.88. The molecule has 2 aromatic rings. The van der Waals surface area contributed by atoms with Crippen molar-refractivity contribution in [1.29, 1.82) is 0 Å². The van der Waals surface area contributed by atoms with Crippen molar-refractivity contribution in [2.45, 2.75) is 20.2 Å². The molecule has 1 heterocycles. The molecule has 114 valence electrons. The van der Waals surface area contributed by atoms with Crippen molar-refractivity contribution in [2.75, 3.05) is 11.4 Å². The van der Waals surface area contributed by atoms with E-state index in [1.165, 1.54) is 5.54 Å². The predicted molar refractivity (Wildman–Crippen MR) is 102 cm³/mol. The Hall–Kier alpha value is -0.790. The molecule has 0 unspecified atom stereocenters. The second-order valence-electron chi connectivity index (χ2n) is 5.07. The number of anilines is 1. The number of nitrogens with zero attached hydrogens (tertiary/aromatic N) is 2. The summed E-state index contributed by atoms with van der Waals surface area (Å²) < 4.78 is 13.8. The third-order valence-electron chi connectivity index (χ3n) is 3.57. The number of fused-ring (bicyclic) bond motifs is 1. The fourth-order valence-electron chi connectivity index (χ4n) is 2.61. The van der Waals surface area contributed by atoms with E-state index in [0.717, 1.165) is 32.9 Å². The number of hydrogen-bond donors (Lipinski definition) is 1. The molecule has 0 spiro atoms. The first-order valence-corrected chi connectivity index (χ1v) is 8.44. The second-order valence-corrected chi connectivity index (χ2v) is 6.40. The molecule has 0 aliphatic carbocycles. The van der Waals surface area contributed by atoms with Crippen molar-refractivity contribution < 1.29 is 9.73 Å². The molecule has 0 saturated heterocycles. The first kappa shape index (κ1) is 17.6. The van der Waals surface area contributed by atoms with Crippen molar-refractivity contribution in [2.24, 2.45) is 0 Å². The number of aryl methyl sites for hydroxylation is 1. The van der Waals surface area contributed by atoms with Gasteiger partial charge in [-0.2, -0.15) is 0 Å². The predicted octanol–water partition coefficient (Wildman–Crippen LogP) is 3.23. The van der Waals surface area contributed by atoms with Gasteiger partial charge in [0.1, 0.15) is 0 Å². The van der Waals surface area contributed by atoms with Crippen LogP contribution < -0.4 is 4.81 Å². The van der Waals surface area contributed by atoms with E-state index in [9.17, 15) is 9.73 Å². The van der Waals surface area contributed by atoms with E-state index in [0.29, 0.717) is 13.0 Å². The summed E-state index contributed by atoms with van der Waals surface area (Å²) in [5, 5.41) is 11.1. The minimum atomic E-state index is -0.629. The van der Waals surface area contributed by atoms with Gasteiger partial charge in [-0.3, -0.25) is 0 Å². The van der Waals surface area contributed by atoms with Crippen molar-refractivity contribution in [3.8, 4) is 0 Å². The van der Waals surface area contributed by atoms with E-state index < -0.39 is 7.05 Å². The number of rotatable bonds is 6. The molecule has 0 radical (unpaired) electrons. The van der Waals surface area contributed by atoms with E-state index in [1.807, 2.05) is 34.6 Å². The van der Waals surface area contributed by atoms with Crippen LogP contribution in [-0.4, -0.2) is 30.3 Å². The molecule has 0 atom stereocenters. The molecule has 8 heteroatoms. The SMILES string of the molecule is CB(O)N(C/C=C/Cl)c1cc(C)c2c(ccn2CB=O)c1I. The van der Waals surface area contributed by atoms with Gasteiger partial charge in [-0.1, -0.05) is 0 Å². The van der Waals surface area contributed by atoms with Crippen molar-refractivity contribution in [1.82, 2.24) is 4.57 Å². The third kappa shape index (κ3) is 3.41. The van der Waals surface area contributed by atoms with E-state index in [4.69, 9.17) is 11.6 Å². The van der Waals surface area contributed by atoms with Crippen LogP contribution in [0.25, 0.3) is 10.9 Å². The summed E-state index contributed by atoms with van der Waals surface area (Å²) in [5.74, 6) is 0. The van der Waals surface area contributed by atoms with E-state index in [-0.39, 0.29) is 0 Å². The van der Waals surface area contributed by atoms with Gasteiger partial charge in [0.2, 0.25) is 0 Å². The van der Waals surface area contributed by atoms with Crippen LogP contribution in [-0.2, 0) is 11.1 Å². The Kier molecular flexibility index (Phi) is 6.11. The standard InChI is InChI=1S/C14H16B2ClIN2O2/c1-10-8-12(20(16(2)22)6-3-5-17)13(18)11-4-7-19(9-15-21)14(10)11/h3-5,7-8,22H,6,9H2,1-2H3/b5-3+. The molecule has 1 aromatic carbocycles. The van der Waals surface area contributed by atoms with E-state index >= 15 is 0 Å². The molecule has 22 heavy (non-hydrogen) atoms. The zero-order valence-corrected chi connectivity index (χ0v) is 15.4. The molecule has 0 fully saturated rings. The third-order valence-corrected chi connectivity index (χ3v) is 4.89. The van der Waals surface area contributed by atoms with Gasteiger partial charge in [0.25, 0.3) is 0 Å². The second kappa shape index (κ2) is 7.66. The Labute approximate surface area is 149 Å². The number of hydrogen-bond acceptors (Lipinski definition) is 3. The van der Waals surface area contributed by atoms with Crippen LogP contribution in [0.2, 0.25) is 6.82 Å². The molecular weight excluding hydrogens is 412 g/mol. The molecule has 0 bridgehead atoms. The normalized spacial score (nSPS) is 11.1. The van der Waals surface area contributed by atoms with Gasteiger partial charge in [-0.25, -0.2) is 0 Å². The number of benzene rings is 1. The maximum absolute atomic E-state index is 10.8. The summed E-state index contributed by atoms with van der Waals surface area (Å²) in [6.07, 6.45) is 4.06. The fraction of sp³-hybridized carbons (Fsp3) is 0.286. The van der Waals surface area contributed by atoms with Gasteiger partial charge in [-0.05, 0) is 0 Å². The van der Waals surface area contributed by atoms with Crippen LogP contribution in [0.15, 0.2) is 29.9 Å². The molecule has 2 rings (SSSR count). The minimum absolute atomic E-state index is 0.342. The van der Waals surface area contributed by atoms with Crippen molar-refractivity contribution in [3.63, 3.8) is 0 Å². The van der Waals surface area contributed by atoms with Gasteiger partial charge in [-0.15, -0.1) is 0 Å². The van der Waals surface area contributed by atoms with Crippen LogP contribution in [0, 0.1) is 10.5 Å². The molecule has 1 N–H and O–H groups in total. The zero-order chi connectivity index (χ0) is 16.3. The Bertz CT molecular complexity index is 718. The molecule has 0 aliphatic rings. The number of aromatic nitrogens is 1. The summed E-state index contributed by atoms with van der Waals surface area (Å²) >= 11 is 7.90. The Morgan fingerprint density at radius 2 is 2.32 bits per heavy atom. The fourth-order valence-corrected chi connectivity index (χ4v) is 3.59. The quantitative estimate of drug-likeness (QED) is 0.568. The zero-order valence-electron chi connectivity index (χ0n) is 12.5. The Balaban J connectivity index is 2.60. The maximum atomic E-state index is 10.8. The van der Waals surface area contributed by atoms with E-state index in [1.54, 1.807) is 12.9 Å². The summed E-state index contributed by atoms with van der Waals surface area (Å²) in [7, 11) is 0.266. The summed E-state index contributed by atoms with van der Waals surface area (Å²) in [6.45, 7) is 4.27. The Morgan fingerprint density at radius 3 is 2.91 bits per heavy atom. The number of halogens is 2. The molecule has 0 amide bonds. The first-order valence-electron chi connectivity index (χ1n) is 6.92. The average molecular weight is 428 g/mol. The molecular formula is C14H16B2ClIN2O2. The van der Waals surface area contributed by atoms with Crippen LogP contribution in [0.5, 0.6) is 0 Å². The van der Waals surface area contributed by atoms with Gasteiger partial charge < -0.3 is 0 Å². The van der Waals surface area contributed by atoms with Gasteiger partial charge in [0, 0.05) is 0 Å². The van der Waals surface area contributed by atoms with Crippen LogP contribution >= 0.6 is 34.2 Å². The van der Waals surface area contributed by atoms with Crippen molar-refractivity contribution in [3.05, 3.63) is 39.1 Å². The van der Waals surface area contributed by atoms with Crippen LogP contribution in [0.1, 0.15) is 5.56 Å². The van der Waals surface area contributed by atoms with Crippen LogP contribution in [0.3, 0.4) is 0 Å². The monoisotopic (exact) mass is 428 g/mol. The van der Waals surface area contributed by atoms with Crippen molar-refractivity contribution >= 4 is 65.0 Å². The Morgan fingerprint density at radius 1 is 1.59 bits per heavy atom. The van der Waals surface area contributed by atoms with Gasteiger partial charge in [0.05, 0.1) is 0 Å².